The number of likely N-dealkylation sites (N-methyl/N-ethyl adjacent to an activating group) is 1. The number of nitrogens with zero attached hydrogens (tertiary/aromatic N) is 3. The lowest BCUT2D eigenvalue weighted by Crippen LogP contribution is -2.59. The third-order valence-electron chi connectivity index (χ3n) is 8.64. The summed E-state index contributed by atoms with van der Waals surface area (Å²) < 4.78 is 5.51. The molecular weight excluding hydrogens is 484 g/mol. The molecule has 1 spiro atoms. The van der Waals surface area contributed by atoms with Gasteiger partial charge in [-0.25, -0.2) is 0 Å². The summed E-state index contributed by atoms with van der Waals surface area (Å²) in [6.07, 6.45) is 3.71. The number of morpholine rings is 1. The molecule has 37 heavy (non-hydrogen) atoms. The van der Waals surface area contributed by atoms with E-state index < -0.39 is 0 Å². The molecule has 7 heteroatoms. The summed E-state index contributed by atoms with van der Waals surface area (Å²) in [5, 5.41) is 4.42. The third kappa shape index (κ3) is 6.04. The average Bonchev–Trinajstić information content (AvgIpc) is 2.92. The van der Waals surface area contributed by atoms with Crippen LogP contribution in [0.1, 0.15) is 36.5 Å². The molecule has 0 aromatic heterocycles. The fourth-order valence-corrected chi connectivity index (χ4v) is 6.64. The Morgan fingerprint density at radius 3 is 2.46 bits per heavy atom. The maximum absolute atomic E-state index is 14.0. The monoisotopic (exact) mass is 524 g/mol. The average molecular weight is 525 g/mol. The Hall–Kier alpha value is -1.96. The molecule has 3 heterocycles. The summed E-state index contributed by atoms with van der Waals surface area (Å²) in [5.41, 5.74) is 4.10. The minimum absolute atomic E-state index is 0.0361. The Morgan fingerprint density at radius 1 is 1.03 bits per heavy atom. The van der Waals surface area contributed by atoms with Gasteiger partial charge in [-0.3, -0.25) is 14.6 Å². The van der Waals surface area contributed by atoms with E-state index in [2.05, 4.69) is 58.3 Å². The summed E-state index contributed by atoms with van der Waals surface area (Å²) >= 11 is 6.13. The molecule has 5 rings (SSSR count). The predicted molar refractivity (Wildman–Crippen MR) is 149 cm³/mol. The first-order valence-corrected chi connectivity index (χ1v) is 14.2. The zero-order valence-electron chi connectivity index (χ0n) is 22.3. The van der Waals surface area contributed by atoms with Crippen LogP contribution in [-0.4, -0.2) is 92.2 Å². The number of rotatable bonds is 7. The first kappa shape index (κ1) is 26.6. The van der Waals surface area contributed by atoms with Gasteiger partial charge in [0.15, 0.2) is 0 Å². The molecule has 2 atom stereocenters. The van der Waals surface area contributed by atoms with Gasteiger partial charge in [-0.15, -0.1) is 0 Å². The molecule has 0 bridgehead atoms. The molecule has 2 fully saturated rings. The molecule has 3 aliphatic rings. The third-order valence-corrected chi connectivity index (χ3v) is 8.89. The zero-order chi connectivity index (χ0) is 25.8. The first-order chi connectivity index (χ1) is 17.9. The quantitative estimate of drug-likeness (QED) is 0.600. The summed E-state index contributed by atoms with van der Waals surface area (Å²) in [7, 11) is 2.26. The van der Waals surface area contributed by atoms with Crippen LogP contribution in [0.3, 0.4) is 0 Å². The first-order valence-electron chi connectivity index (χ1n) is 13.8. The number of amides is 1. The molecule has 2 saturated heterocycles. The second-order valence-corrected chi connectivity index (χ2v) is 11.5. The zero-order valence-corrected chi connectivity index (χ0v) is 23.1. The highest BCUT2D eigenvalue weighted by atomic mass is 35.5. The van der Waals surface area contributed by atoms with Crippen LogP contribution in [0.5, 0.6) is 0 Å². The van der Waals surface area contributed by atoms with Crippen LogP contribution in [0.25, 0.3) is 0 Å². The number of ether oxygens (including phenoxy) is 1. The van der Waals surface area contributed by atoms with Crippen LogP contribution >= 0.6 is 11.6 Å². The van der Waals surface area contributed by atoms with Gasteiger partial charge in [-0.1, -0.05) is 48.0 Å². The number of piperidine rings is 1. The lowest BCUT2D eigenvalue weighted by Gasteiger charge is -2.51. The second kappa shape index (κ2) is 11.8. The fourth-order valence-electron chi connectivity index (χ4n) is 6.51. The van der Waals surface area contributed by atoms with Gasteiger partial charge in [0.1, 0.15) is 0 Å². The Morgan fingerprint density at radius 2 is 1.73 bits per heavy atom. The largest absolute Gasteiger partial charge is 0.379 e. The van der Waals surface area contributed by atoms with E-state index in [1.165, 1.54) is 11.1 Å². The van der Waals surface area contributed by atoms with Crippen molar-refractivity contribution in [3.05, 3.63) is 70.2 Å². The lowest BCUT2D eigenvalue weighted by molar-refractivity contribution is -0.136. The van der Waals surface area contributed by atoms with E-state index in [4.69, 9.17) is 16.3 Å². The maximum atomic E-state index is 14.0. The highest BCUT2D eigenvalue weighted by Gasteiger charge is 2.44. The highest BCUT2D eigenvalue weighted by molar-refractivity contribution is 6.30. The second-order valence-electron chi connectivity index (χ2n) is 11.0. The van der Waals surface area contributed by atoms with Crippen molar-refractivity contribution in [3.63, 3.8) is 0 Å². The van der Waals surface area contributed by atoms with Crippen LogP contribution in [0, 0.1) is 0 Å². The molecule has 1 unspecified atom stereocenters. The molecule has 2 aromatic carbocycles. The molecule has 200 valence electrons. The number of hydrogen-bond acceptors (Lipinski definition) is 5. The minimum atomic E-state index is -0.261. The molecule has 0 aliphatic carbocycles. The van der Waals surface area contributed by atoms with Gasteiger partial charge in [0.2, 0.25) is 5.91 Å². The smallest absolute Gasteiger partial charge is 0.240 e. The predicted octanol–water partition coefficient (Wildman–Crippen LogP) is 3.57. The van der Waals surface area contributed by atoms with Gasteiger partial charge in [0.05, 0.1) is 19.3 Å². The molecular formula is C30H41ClN4O2. The number of halogens is 1. The number of hydrogen-bond donors (Lipinski definition) is 1. The van der Waals surface area contributed by atoms with Gasteiger partial charge in [-0.05, 0) is 68.5 Å². The fraction of sp³-hybridized carbons (Fsp3) is 0.567. The normalized spacial score (nSPS) is 22.0. The van der Waals surface area contributed by atoms with Crippen molar-refractivity contribution in [2.45, 2.75) is 50.2 Å². The number of fused-ring (bicyclic) bond motifs is 2. The molecule has 2 aromatic rings. The Balaban J connectivity index is 1.28. The van der Waals surface area contributed by atoms with Gasteiger partial charge >= 0.3 is 0 Å². The van der Waals surface area contributed by atoms with E-state index in [0.717, 1.165) is 82.3 Å². The Labute approximate surface area is 226 Å². The lowest BCUT2D eigenvalue weighted by atomic mass is 9.74. The Kier molecular flexibility index (Phi) is 8.52. The topological polar surface area (TPSA) is 48.1 Å². The van der Waals surface area contributed by atoms with Crippen LogP contribution in [0.15, 0.2) is 48.5 Å². The molecule has 3 aliphatic heterocycles. The molecule has 1 N–H and O–H groups in total. The van der Waals surface area contributed by atoms with Crippen molar-refractivity contribution in [2.75, 3.05) is 59.5 Å². The van der Waals surface area contributed by atoms with Crippen LogP contribution in [0.4, 0.5) is 0 Å². The van der Waals surface area contributed by atoms with E-state index in [0.29, 0.717) is 6.42 Å². The van der Waals surface area contributed by atoms with E-state index >= 15 is 0 Å². The van der Waals surface area contributed by atoms with Crippen LogP contribution in [0.2, 0.25) is 5.02 Å². The molecule has 1 amide bonds. The number of nitrogens with one attached hydrogen (secondary N) is 1. The van der Waals surface area contributed by atoms with E-state index in [1.807, 2.05) is 24.3 Å². The van der Waals surface area contributed by atoms with E-state index in [-0.39, 0.29) is 23.5 Å². The molecule has 0 radical (unpaired) electrons. The van der Waals surface area contributed by atoms with Gasteiger partial charge in [0, 0.05) is 55.9 Å². The van der Waals surface area contributed by atoms with E-state index in [1.54, 1.807) is 0 Å². The van der Waals surface area contributed by atoms with Crippen LogP contribution < -0.4 is 5.32 Å². The van der Waals surface area contributed by atoms with Crippen molar-refractivity contribution in [1.29, 1.82) is 0 Å². The molecule has 0 saturated carbocycles. The van der Waals surface area contributed by atoms with Crippen molar-refractivity contribution in [3.8, 4) is 0 Å². The van der Waals surface area contributed by atoms with Gasteiger partial charge < -0.3 is 15.0 Å². The van der Waals surface area contributed by atoms with Crippen molar-refractivity contribution in [1.82, 2.24) is 20.0 Å². The van der Waals surface area contributed by atoms with Crippen molar-refractivity contribution >= 4 is 17.5 Å². The summed E-state index contributed by atoms with van der Waals surface area (Å²) in [5.74, 6) is 0.213. The SMILES string of the molecule is CC(CN1CCOCC1)N[C@H](Cc1ccc(Cl)cc1)C(=O)N1CCC2(CC1)c1ccccc1CCN2C. The number of carbonyl (C=O) groups excluding carboxylic acids is 1. The summed E-state index contributed by atoms with van der Waals surface area (Å²) in [6.45, 7) is 9.22. The van der Waals surface area contributed by atoms with Crippen molar-refractivity contribution in [2.24, 2.45) is 0 Å². The maximum Gasteiger partial charge on any atom is 0.240 e. The van der Waals surface area contributed by atoms with Crippen molar-refractivity contribution < 1.29 is 9.53 Å². The summed E-state index contributed by atoms with van der Waals surface area (Å²) in [6, 6.07) is 16.7. The number of likely N-dealkylation sites (tertiary alicyclic amines) is 1. The summed E-state index contributed by atoms with van der Waals surface area (Å²) in [4.78, 5) is 21.0. The van der Waals surface area contributed by atoms with Gasteiger partial charge in [-0.2, -0.15) is 0 Å². The van der Waals surface area contributed by atoms with Gasteiger partial charge in [0.25, 0.3) is 0 Å². The highest BCUT2D eigenvalue weighted by Crippen LogP contribution is 2.42. The minimum Gasteiger partial charge on any atom is -0.379 e. The number of benzene rings is 2. The van der Waals surface area contributed by atoms with Crippen LogP contribution in [-0.2, 0) is 27.9 Å². The van der Waals surface area contributed by atoms with E-state index in [9.17, 15) is 4.79 Å². The number of carbonyl (C=O) groups is 1. The Bertz CT molecular complexity index is 1050. The molecule has 6 nitrogen and oxygen atoms in total. The standard InChI is InChI=1S/C30H41ClN4O2/c1-23(22-34-17-19-37-20-18-34)32-28(21-24-7-9-26(31)10-8-24)29(36)35-15-12-30(13-16-35)27-6-4-3-5-25(27)11-14-33(30)2/h3-10,23,28,32H,11-22H2,1-2H3/t23?,28-/m1/s1.